The molecule has 9 heteroatoms. The normalized spacial score (nSPS) is 12.2. The van der Waals surface area contributed by atoms with Gasteiger partial charge in [-0.05, 0) is 30.7 Å². The van der Waals surface area contributed by atoms with Crippen molar-refractivity contribution in [1.29, 1.82) is 0 Å². The van der Waals surface area contributed by atoms with Crippen molar-refractivity contribution in [2.45, 2.75) is 19.5 Å². The first-order valence-electron chi connectivity index (χ1n) is 7.84. The van der Waals surface area contributed by atoms with Gasteiger partial charge >= 0.3 is 12.5 Å². The third-order valence-corrected chi connectivity index (χ3v) is 3.92. The molecule has 0 aliphatic carbocycles. The lowest BCUT2D eigenvalue weighted by atomic mass is 9.92. The Hall–Kier alpha value is -3.10. The Morgan fingerprint density at radius 1 is 0.964 bits per heavy atom. The second-order valence-electron chi connectivity index (χ2n) is 5.87. The van der Waals surface area contributed by atoms with Gasteiger partial charge in [0.05, 0.1) is 11.1 Å². The molecule has 1 aromatic heterocycles. The topological polar surface area (TPSA) is 39.2 Å². The van der Waals surface area contributed by atoms with E-state index >= 15 is 0 Å². The Morgan fingerprint density at radius 3 is 2.18 bits per heavy atom. The number of hydrogen-bond acceptors (Lipinski definition) is 3. The standard InChI is InChI=1S/C19H11F6NO2/c1-10-15(17(27)18(20,21)22)16(11-5-3-2-4-6-11)13-9-12(28-19(23,24)25)7-8-14(13)26-10/h2-9H,1H3. The van der Waals surface area contributed by atoms with E-state index < -0.39 is 29.6 Å². The highest BCUT2D eigenvalue weighted by molar-refractivity contribution is 6.12. The minimum Gasteiger partial charge on any atom is -0.406 e. The number of nitrogens with zero attached hydrogens (tertiary/aromatic N) is 1. The maximum absolute atomic E-state index is 13.2. The van der Waals surface area contributed by atoms with Crippen molar-refractivity contribution in [1.82, 2.24) is 4.98 Å². The largest absolute Gasteiger partial charge is 0.573 e. The number of alkyl halides is 6. The zero-order valence-corrected chi connectivity index (χ0v) is 14.2. The van der Waals surface area contributed by atoms with Crippen molar-refractivity contribution in [3.63, 3.8) is 0 Å². The van der Waals surface area contributed by atoms with Gasteiger partial charge in [0.1, 0.15) is 5.75 Å². The number of carbonyl (C=O) groups is 1. The van der Waals surface area contributed by atoms with Crippen LogP contribution in [0.3, 0.4) is 0 Å². The van der Waals surface area contributed by atoms with Gasteiger partial charge in [-0.15, -0.1) is 13.2 Å². The number of ether oxygens (including phenoxy) is 1. The quantitative estimate of drug-likeness (QED) is 0.410. The summed E-state index contributed by atoms with van der Waals surface area (Å²) in [6.07, 6.45) is -10.2. The first-order chi connectivity index (χ1) is 13.0. The fourth-order valence-corrected chi connectivity index (χ4v) is 2.89. The van der Waals surface area contributed by atoms with Crippen molar-refractivity contribution in [3.05, 3.63) is 59.8 Å². The van der Waals surface area contributed by atoms with Crippen LogP contribution in [0.1, 0.15) is 16.1 Å². The number of aryl methyl sites for hydroxylation is 1. The number of fused-ring (bicyclic) bond motifs is 1. The van der Waals surface area contributed by atoms with Crippen LogP contribution in [0, 0.1) is 6.92 Å². The second kappa shape index (κ2) is 6.81. The van der Waals surface area contributed by atoms with Crippen LogP contribution in [0.4, 0.5) is 26.3 Å². The monoisotopic (exact) mass is 399 g/mol. The number of halogens is 6. The number of ketones is 1. The van der Waals surface area contributed by atoms with E-state index in [0.29, 0.717) is 0 Å². The zero-order valence-electron chi connectivity index (χ0n) is 14.2. The van der Waals surface area contributed by atoms with E-state index in [2.05, 4.69) is 9.72 Å². The number of benzene rings is 2. The maximum Gasteiger partial charge on any atom is 0.573 e. The number of pyridine rings is 1. The van der Waals surface area contributed by atoms with Gasteiger partial charge in [0.15, 0.2) is 0 Å². The van der Waals surface area contributed by atoms with Crippen LogP contribution >= 0.6 is 0 Å². The number of Topliss-reactive ketones (excluding diaryl/α,β-unsaturated/α-hetero) is 1. The maximum atomic E-state index is 13.2. The number of rotatable bonds is 3. The highest BCUT2D eigenvalue weighted by Crippen LogP contribution is 2.38. The van der Waals surface area contributed by atoms with Crippen LogP contribution in [-0.4, -0.2) is 23.3 Å². The molecular weight excluding hydrogens is 388 g/mol. The molecule has 1 heterocycles. The molecule has 0 aliphatic rings. The molecule has 0 bridgehead atoms. The molecule has 3 rings (SSSR count). The third-order valence-electron chi connectivity index (χ3n) is 3.92. The van der Waals surface area contributed by atoms with E-state index in [9.17, 15) is 31.1 Å². The minimum atomic E-state index is -5.18. The molecule has 0 saturated heterocycles. The predicted octanol–water partition coefficient (Wildman–Crippen LogP) is 5.85. The van der Waals surface area contributed by atoms with Gasteiger partial charge in [-0.1, -0.05) is 30.3 Å². The van der Waals surface area contributed by atoms with E-state index in [1.807, 2.05) is 0 Å². The molecule has 0 atom stereocenters. The molecule has 0 spiro atoms. The van der Waals surface area contributed by atoms with Gasteiger partial charge in [0.25, 0.3) is 5.78 Å². The fourth-order valence-electron chi connectivity index (χ4n) is 2.89. The van der Waals surface area contributed by atoms with Crippen LogP contribution in [0.5, 0.6) is 5.75 Å². The molecule has 2 aromatic carbocycles. The van der Waals surface area contributed by atoms with Gasteiger partial charge in [-0.3, -0.25) is 9.78 Å². The van der Waals surface area contributed by atoms with E-state index in [4.69, 9.17) is 0 Å². The average Bonchev–Trinajstić information content (AvgIpc) is 2.59. The molecule has 0 saturated carbocycles. The van der Waals surface area contributed by atoms with E-state index in [1.165, 1.54) is 37.3 Å². The summed E-state index contributed by atoms with van der Waals surface area (Å²) in [5.74, 6) is -2.76. The minimum absolute atomic E-state index is 0.0638. The summed E-state index contributed by atoms with van der Waals surface area (Å²) in [4.78, 5) is 16.0. The van der Waals surface area contributed by atoms with Crippen LogP contribution in [-0.2, 0) is 0 Å². The van der Waals surface area contributed by atoms with Gasteiger partial charge in [0, 0.05) is 16.6 Å². The molecular formula is C19H11F6NO2. The molecule has 0 aliphatic heterocycles. The van der Waals surface area contributed by atoms with Crippen molar-refractivity contribution < 1.29 is 35.9 Å². The van der Waals surface area contributed by atoms with E-state index in [1.54, 1.807) is 6.07 Å². The summed E-state index contributed by atoms with van der Waals surface area (Å²) < 4.78 is 81.0. The van der Waals surface area contributed by atoms with Crippen LogP contribution in [0.15, 0.2) is 48.5 Å². The van der Waals surface area contributed by atoms with Crippen molar-refractivity contribution in [3.8, 4) is 16.9 Å². The van der Waals surface area contributed by atoms with Crippen molar-refractivity contribution in [2.24, 2.45) is 0 Å². The van der Waals surface area contributed by atoms with Gasteiger partial charge in [-0.25, -0.2) is 0 Å². The lowest BCUT2D eigenvalue weighted by Gasteiger charge is -2.17. The zero-order chi connectivity index (χ0) is 20.7. The van der Waals surface area contributed by atoms with Crippen LogP contribution in [0.2, 0.25) is 0 Å². The smallest absolute Gasteiger partial charge is 0.406 e. The van der Waals surface area contributed by atoms with E-state index in [0.717, 1.165) is 12.1 Å². The number of aromatic nitrogens is 1. The Kier molecular flexibility index (Phi) is 4.78. The van der Waals surface area contributed by atoms with Crippen molar-refractivity contribution in [2.75, 3.05) is 0 Å². The number of hydrogen-bond donors (Lipinski definition) is 0. The Bertz CT molecular complexity index is 1040. The number of carbonyl (C=O) groups excluding carboxylic acids is 1. The summed E-state index contributed by atoms with van der Waals surface area (Å²) in [5, 5.41) is -0.0638. The molecule has 146 valence electrons. The molecule has 0 unspecified atom stereocenters. The first kappa shape index (κ1) is 19.7. The van der Waals surface area contributed by atoms with Gasteiger partial charge in [0.2, 0.25) is 0 Å². The second-order valence-corrected chi connectivity index (χ2v) is 5.87. The molecule has 0 fully saturated rings. The predicted molar refractivity (Wildman–Crippen MR) is 89.0 cm³/mol. The summed E-state index contributed by atoms with van der Waals surface area (Å²) in [5.41, 5.74) is -0.689. The van der Waals surface area contributed by atoms with Gasteiger partial charge < -0.3 is 4.74 Å². The fraction of sp³-hybridized carbons (Fsp3) is 0.158. The Morgan fingerprint density at radius 2 is 1.61 bits per heavy atom. The van der Waals surface area contributed by atoms with Crippen LogP contribution in [0.25, 0.3) is 22.0 Å². The summed E-state index contributed by atoms with van der Waals surface area (Å²) in [6, 6.07) is 10.7. The SMILES string of the molecule is Cc1nc2ccc(OC(F)(F)F)cc2c(-c2ccccc2)c1C(=O)C(F)(F)F. The lowest BCUT2D eigenvalue weighted by molar-refractivity contribution is -0.274. The first-order valence-corrected chi connectivity index (χ1v) is 7.84. The van der Waals surface area contributed by atoms with Crippen molar-refractivity contribution >= 4 is 16.7 Å². The summed E-state index contributed by atoms with van der Waals surface area (Å²) in [6.45, 7) is 1.24. The van der Waals surface area contributed by atoms with E-state index in [-0.39, 0.29) is 27.7 Å². The summed E-state index contributed by atoms with van der Waals surface area (Å²) >= 11 is 0. The molecule has 28 heavy (non-hydrogen) atoms. The Balaban J connectivity index is 2.38. The molecule has 0 radical (unpaired) electrons. The molecule has 0 amide bonds. The third kappa shape index (κ3) is 3.92. The lowest BCUT2D eigenvalue weighted by Crippen LogP contribution is -2.25. The molecule has 3 nitrogen and oxygen atoms in total. The highest BCUT2D eigenvalue weighted by Gasteiger charge is 2.42. The van der Waals surface area contributed by atoms with Crippen LogP contribution < -0.4 is 4.74 Å². The van der Waals surface area contributed by atoms with Gasteiger partial charge in [-0.2, -0.15) is 13.2 Å². The average molecular weight is 399 g/mol. The highest BCUT2D eigenvalue weighted by atomic mass is 19.4. The molecule has 3 aromatic rings. The molecule has 0 N–H and O–H groups in total. The Labute approximate surface area is 154 Å². The summed E-state index contributed by atoms with van der Waals surface area (Å²) in [7, 11) is 0.